The van der Waals surface area contributed by atoms with Crippen molar-refractivity contribution in [3.05, 3.63) is 0 Å². The van der Waals surface area contributed by atoms with Crippen molar-refractivity contribution in [1.82, 2.24) is 0 Å². The van der Waals surface area contributed by atoms with Crippen molar-refractivity contribution in [3.8, 4) is 0 Å². The molecule has 0 radical (unpaired) electrons. The van der Waals surface area contributed by atoms with E-state index in [1.165, 1.54) is 38.5 Å². The summed E-state index contributed by atoms with van der Waals surface area (Å²) < 4.78 is 0. The van der Waals surface area contributed by atoms with E-state index < -0.39 is 0 Å². The third-order valence-electron chi connectivity index (χ3n) is 4.84. The number of carbonyl (C=O) groups is 1. The molecule has 0 saturated heterocycles. The van der Waals surface area contributed by atoms with Gasteiger partial charge in [0.1, 0.15) is 6.29 Å². The SMILES string of the molecule is O=CC(S)C12CC3CC(CC(C3)C1)C2. The fourth-order valence-corrected chi connectivity index (χ4v) is 5.00. The zero-order valence-electron chi connectivity index (χ0n) is 8.48. The van der Waals surface area contributed by atoms with Gasteiger partial charge in [-0.15, -0.1) is 0 Å². The van der Waals surface area contributed by atoms with Gasteiger partial charge in [-0.1, -0.05) is 0 Å². The Kier molecular flexibility index (Phi) is 1.99. The molecule has 4 bridgehead atoms. The summed E-state index contributed by atoms with van der Waals surface area (Å²) >= 11 is 4.51. The number of hydrogen-bond acceptors (Lipinski definition) is 2. The van der Waals surface area contributed by atoms with Crippen LogP contribution in [0.1, 0.15) is 38.5 Å². The van der Waals surface area contributed by atoms with E-state index in [1.807, 2.05) is 0 Å². The molecule has 0 spiro atoms. The van der Waals surface area contributed by atoms with Crippen molar-refractivity contribution < 1.29 is 4.79 Å². The van der Waals surface area contributed by atoms with Gasteiger partial charge in [-0.05, 0) is 61.7 Å². The third kappa shape index (κ3) is 1.19. The third-order valence-corrected chi connectivity index (χ3v) is 5.51. The van der Waals surface area contributed by atoms with Crippen LogP contribution in [0.5, 0.6) is 0 Å². The lowest BCUT2D eigenvalue weighted by Crippen LogP contribution is -2.50. The van der Waals surface area contributed by atoms with E-state index in [9.17, 15) is 4.79 Å². The lowest BCUT2D eigenvalue weighted by atomic mass is 9.49. The van der Waals surface area contributed by atoms with Gasteiger partial charge in [0.05, 0.1) is 5.25 Å². The van der Waals surface area contributed by atoms with Gasteiger partial charge in [-0.3, -0.25) is 0 Å². The summed E-state index contributed by atoms with van der Waals surface area (Å²) in [5.74, 6) is 2.78. The molecule has 4 saturated carbocycles. The quantitative estimate of drug-likeness (QED) is 0.548. The molecule has 1 atom stereocenters. The number of carbonyl (C=O) groups excluding carboxylic acids is 1. The molecule has 78 valence electrons. The van der Waals surface area contributed by atoms with E-state index in [0.717, 1.165) is 24.0 Å². The van der Waals surface area contributed by atoms with Gasteiger partial charge in [0.25, 0.3) is 0 Å². The molecule has 1 nitrogen and oxygen atoms in total. The molecular formula is C12H18OS. The molecule has 14 heavy (non-hydrogen) atoms. The zero-order valence-corrected chi connectivity index (χ0v) is 9.38. The van der Waals surface area contributed by atoms with E-state index in [2.05, 4.69) is 12.6 Å². The zero-order chi connectivity index (χ0) is 9.76. The second-order valence-electron chi connectivity index (χ2n) is 5.86. The molecule has 0 heterocycles. The Bertz CT molecular complexity index is 226. The Balaban J connectivity index is 1.90. The Morgan fingerprint density at radius 1 is 1.07 bits per heavy atom. The first-order chi connectivity index (χ1) is 6.72. The van der Waals surface area contributed by atoms with Crippen LogP contribution in [0.15, 0.2) is 0 Å². The fraction of sp³-hybridized carbons (Fsp3) is 0.917. The number of thiol groups is 1. The summed E-state index contributed by atoms with van der Waals surface area (Å²) in [6.45, 7) is 0. The van der Waals surface area contributed by atoms with Gasteiger partial charge in [0, 0.05) is 0 Å². The normalized spacial score (nSPS) is 51.9. The van der Waals surface area contributed by atoms with Gasteiger partial charge in [-0.2, -0.15) is 12.6 Å². The maximum absolute atomic E-state index is 10.9. The van der Waals surface area contributed by atoms with Crippen LogP contribution in [0.25, 0.3) is 0 Å². The lowest BCUT2D eigenvalue weighted by molar-refractivity contribution is -0.114. The van der Waals surface area contributed by atoms with Crippen molar-refractivity contribution in [1.29, 1.82) is 0 Å². The van der Waals surface area contributed by atoms with Crippen molar-refractivity contribution in [2.75, 3.05) is 0 Å². The average molecular weight is 210 g/mol. The molecule has 4 aliphatic rings. The maximum Gasteiger partial charge on any atom is 0.133 e. The topological polar surface area (TPSA) is 17.1 Å². The standard InChI is InChI=1S/C12H18OS/c13-7-11(14)12-4-8-1-9(5-12)3-10(2-8)6-12/h7-11,14H,1-6H2. The second-order valence-corrected chi connectivity index (χ2v) is 6.42. The minimum absolute atomic E-state index is 0.0101. The van der Waals surface area contributed by atoms with Crippen molar-refractivity contribution in [2.45, 2.75) is 43.8 Å². The molecule has 2 heteroatoms. The predicted octanol–water partition coefficient (Wildman–Crippen LogP) is 2.70. The van der Waals surface area contributed by atoms with Gasteiger partial charge in [0.15, 0.2) is 0 Å². The molecule has 0 amide bonds. The highest BCUT2D eigenvalue weighted by Crippen LogP contribution is 2.61. The van der Waals surface area contributed by atoms with Crippen LogP contribution < -0.4 is 0 Å². The molecule has 0 aliphatic heterocycles. The first kappa shape index (κ1) is 9.26. The monoisotopic (exact) mass is 210 g/mol. The summed E-state index contributed by atoms with van der Waals surface area (Å²) in [5.41, 5.74) is 0.305. The second kappa shape index (κ2) is 3.01. The predicted molar refractivity (Wildman–Crippen MR) is 59.4 cm³/mol. The molecular weight excluding hydrogens is 192 g/mol. The smallest absolute Gasteiger partial charge is 0.133 e. The summed E-state index contributed by atoms with van der Waals surface area (Å²) in [7, 11) is 0. The summed E-state index contributed by atoms with van der Waals surface area (Å²) in [6.07, 6.45) is 9.26. The van der Waals surface area contributed by atoms with Crippen LogP contribution in [-0.2, 0) is 4.79 Å². The van der Waals surface area contributed by atoms with E-state index in [-0.39, 0.29) is 5.25 Å². The number of aldehydes is 1. The highest BCUT2D eigenvalue weighted by molar-refractivity contribution is 7.81. The molecule has 0 aromatic rings. The first-order valence-corrected chi connectivity index (χ1v) is 6.37. The van der Waals surface area contributed by atoms with Gasteiger partial charge < -0.3 is 4.79 Å². The highest BCUT2D eigenvalue weighted by atomic mass is 32.1. The minimum atomic E-state index is 0.0101. The van der Waals surface area contributed by atoms with Crippen LogP contribution in [-0.4, -0.2) is 11.5 Å². The molecule has 4 rings (SSSR count). The highest BCUT2D eigenvalue weighted by Gasteiger charge is 2.53. The molecule has 0 N–H and O–H groups in total. The van der Waals surface area contributed by atoms with Gasteiger partial charge >= 0.3 is 0 Å². The van der Waals surface area contributed by atoms with Gasteiger partial charge in [0.2, 0.25) is 0 Å². The van der Waals surface area contributed by atoms with Crippen molar-refractivity contribution >= 4 is 18.9 Å². The molecule has 4 aliphatic carbocycles. The molecule has 0 aromatic carbocycles. The maximum atomic E-state index is 10.9. The van der Waals surface area contributed by atoms with E-state index in [4.69, 9.17) is 0 Å². The number of hydrogen-bond donors (Lipinski definition) is 1. The first-order valence-electron chi connectivity index (χ1n) is 5.85. The molecule has 1 unspecified atom stereocenters. The Hall–Kier alpha value is 0.0200. The Morgan fingerprint density at radius 2 is 1.50 bits per heavy atom. The Labute approximate surface area is 91.1 Å². The van der Waals surface area contributed by atoms with E-state index >= 15 is 0 Å². The minimum Gasteiger partial charge on any atom is -0.302 e. The van der Waals surface area contributed by atoms with Crippen LogP contribution in [0, 0.1) is 23.2 Å². The summed E-state index contributed by atoms with van der Waals surface area (Å²) in [6, 6.07) is 0. The van der Waals surface area contributed by atoms with E-state index in [0.29, 0.717) is 5.41 Å². The molecule has 4 fully saturated rings. The van der Waals surface area contributed by atoms with Crippen molar-refractivity contribution in [3.63, 3.8) is 0 Å². The Morgan fingerprint density at radius 3 is 1.86 bits per heavy atom. The number of rotatable bonds is 2. The van der Waals surface area contributed by atoms with Crippen LogP contribution in [0.3, 0.4) is 0 Å². The summed E-state index contributed by atoms with van der Waals surface area (Å²) in [4.78, 5) is 10.9. The van der Waals surface area contributed by atoms with Crippen molar-refractivity contribution in [2.24, 2.45) is 23.2 Å². The summed E-state index contributed by atoms with van der Waals surface area (Å²) in [5, 5.41) is 0.0101. The lowest BCUT2D eigenvalue weighted by Gasteiger charge is -2.58. The molecule has 0 aromatic heterocycles. The van der Waals surface area contributed by atoms with Crippen LogP contribution >= 0.6 is 12.6 Å². The fourth-order valence-electron chi connectivity index (χ4n) is 4.68. The van der Waals surface area contributed by atoms with Crippen LogP contribution in [0.4, 0.5) is 0 Å². The van der Waals surface area contributed by atoms with Gasteiger partial charge in [-0.25, -0.2) is 0 Å². The average Bonchev–Trinajstić information content (AvgIpc) is 2.14. The largest absolute Gasteiger partial charge is 0.302 e. The van der Waals surface area contributed by atoms with Crippen LogP contribution in [0.2, 0.25) is 0 Å². The van der Waals surface area contributed by atoms with E-state index in [1.54, 1.807) is 0 Å².